The number of hydrogen-bond donors (Lipinski definition) is 2. The number of carbonyl (C=O) groups is 2. The maximum Gasteiger partial charge on any atom is 0.275 e. The van der Waals surface area contributed by atoms with Crippen molar-refractivity contribution < 1.29 is 9.59 Å². The normalized spacial score (nSPS) is 10.6. The van der Waals surface area contributed by atoms with E-state index in [4.69, 9.17) is 17.3 Å². The highest BCUT2D eigenvalue weighted by molar-refractivity contribution is 9.10. The molecule has 0 aliphatic heterocycles. The molecule has 3 aromatic rings. The van der Waals surface area contributed by atoms with Gasteiger partial charge in [0.2, 0.25) is 0 Å². The van der Waals surface area contributed by atoms with E-state index in [9.17, 15) is 9.59 Å². The second-order valence-corrected chi connectivity index (χ2v) is 6.92. The lowest BCUT2D eigenvalue weighted by Crippen LogP contribution is -2.23. The number of rotatable bonds is 4. The van der Waals surface area contributed by atoms with Crippen molar-refractivity contribution >= 4 is 45.0 Å². The molecule has 0 saturated carbocycles. The Labute approximate surface area is 163 Å². The van der Waals surface area contributed by atoms with Crippen LogP contribution in [0.3, 0.4) is 0 Å². The zero-order chi connectivity index (χ0) is 18.8. The van der Waals surface area contributed by atoms with E-state index < -0.39 is 11.8 Å². The molecule has 0 saturated heterocycles. The number of hydrogen-bond acceptors (Lipinski definition) is 3. The number of amides is 2. The molecule has 132 valence electrons. The summed E-state index contributed by atoms with van der Waals surface area (Å²) in [5, 5.41) is 3.28. The second-order valence-electron chi connectivity index (χ2n) is 5.57. The highest BCUT2D eigenvalue weighted by Gasteiger charge is 2.24. The van der Waals surface area contributed by atoms with Gasteiger partial charge in [0.05, 0.1) is 5.69 Å². The quantitative estimate of drug-likeness (QED) is 0.653. The molecule has 1 aromatic heterocycles. The van der Waals surface area contributed by atoms with E-state index in [2.05, 4.69) is 26.2 Å². The number of nitrogens with one attached hydrogen (secondary N) is 1. The van der Waals surface area contributed by atoms with Crippen molar-refractivity contribution in [2.24, 2.45) is 5.73 Å². The van der Waals surface area contributed by atoms with Gasteiger partial charge in [-0.1, -0.05) is 33.6 Å². The highest BCUT2D eigenvalue weighted by atomic mass is 79.9. The highest BCUT2D eigenvalue weighted by Crippen LogP contribution is 2.24. The van der Waals surface area contributed by atoms with Crippen LogP contribution in [0.5, 0.6) is 0 Å². The largest absolute Gasteiger partial charge is 0.364 e. The van der Waals surface area contributed by atoms with Crippen LogP contribution < -0.4 is 11.1 Å². The van der Waals surface area contributed by atoms with Crippen molar-refractivity contribution in [3.05, 3.63) is 75.2 Å². The smallest absolute Gasteiger partial charge is 0.275 e. The molecule has 1 heterocycles. The number of benzene rings is 2. The standard InChI is InChI=1S/C18H14BrClN4O2/c1-10-2-3-11(19)8-14(10)24-9-22-15(17(21)25)16(24)18(26)23-13-6-4-12(20)5-7-13/h2-9H,1H3,(H2,21,25)(H,23,26). The molecule has 2 aromatic carbocycles. The van der Waals surface area contributed by atoms with Gasteiger partial charge in [-0.3, -0.25) is 14.2 Å². The van der Waals surface area contributed by atoms with Crippen LogP contribution in [0.4, 0.5) is 5.69 Å². The summed E-state index contributed by atoms with van der Waals surface area (Å²) in [5.41, 5.74) is 7.52. The second kappa shape index (κ2) is 7.31. The number of anilines is 1. The molecule has 2 amide bonds. The molecule has 6 nitrogen and oxygen atoms in total. The Hall–Kier alpha value is -2.64. The van der Waals surface area contributed by atoms with Crippen LogP contribution in [0, 0.1) is 6.92 Å². The maximum atomic E-state index is 12.9. The number of nitrogens with zero attached hydrogens (tertiary/aromatic N) is 2. The first kappa shape index (κ1) is 18.2. The van der Waals surface area contributed by atoms with Crippen LogP contribution in [-0.2, 0) is 0 Å². The van der Waals surface area contributed by atoms with Gasteiger partial charge in [-0.2, -0.15) is 0 Å². The summed E-state index contributed by atoms with van der Waals surface area (Å²) in [6.07, 6.45) is 1.41. The zero-order valence-corrected chi connectivity index (χ0v) is 16.0. The molecular formula is C18H14BrClN4O2. The fraction of sp³-hybridized carbons (Fsp3) is 0.0556. The van der Waals surface area contributed by atoms with E-state index in [1.165, 1.54) is 6.33 Å². The summed E-state index contributed by atoms with van der Waals surface area (Å²) < 4.78 is 2.38. The topological polar surface area (TPSA) is 90.0 Å². The molecule has 3 rings (SSSR count). The van der Waals surface area contributed by atoms with Gasteiger partial charge in [0.1, 0.15) is 12.0 Å². The maximum absolute atomic E-state index is 12.9. The predicted molar refractivity (Wildman–Crippen MR) is 104 cm³/mol. The number of nitrogens with two attached hydrogens (primary N) is 1. The van der Waals surface area contributed by atoms with E-state index in [0.29, 0.717) is 16.4 Å². The molecule has 0 atom stereocenters. The van der Waals surface area contributed by atoms with Gasteiger partial charge in [-0.25, -0.2) is 4.98 Å². The van der Waals surface area contributed by atoms with Crippen LogP contribution in [-0.4, -0.2) is 21.4 Å². The van der Waals surface area contributed by atoms with Gasteiger partial charge in [0.15, 0.2) is 5.69 Å². The average Bonchev–Trinajstić information content (AvgIpc) is 3.04. The molecule has 3 N–H and O–H groups in total. The molecule has 0 unspecified atom stereocenters. The Balaban J connectivity index is 2.08. The Morgan fingerprint density at radius 2 is 1.88 bits per heavy atom. The van der Waals surface area contributed by atoms with Gasteiger partial charge in [0.25, 0.3) is 11.8 Å². The summed E-state index contributed by atoms with van der Waals surface area (Å²) in [6.45, 7) is 1.90. The lowest BCUT2D eigenvalue weighted by Gasteiger charge is -2.12. The fourth-order valence-corrected chi connectivity index (χ4v) is 2.97. The van der Waals surface area contributed by atoms with Crippen LogP contribution >= 0.6 is 27.5 Å². The first-order valence-electron chi connectivity index (χ1n) is 7.57. The van der Waals surface area contributed by atoms with Gasteiger partial charge in [0, 0.05) is 15.2 Å². The number of aryl methyl sites for hydroxylation is 1. The minimum Gasteiger partial charge on any atom is -0.364 e. The molecular weight excluding hydrogens is 420 g/mol. The Morgan fingerprint density at radius 1 is 1.19 bits per heavy atom. The van der Waals surface area contributed by atoms with Gasteiger partial charge in [-0.05, 0) is 48.9 Å². The number of imidazole rings is 1. The van der Waals surface area contributed by atoms with E-state index in [0.717, 1.165) is 10.0 Å². The van der Waals surface area contributed by atoms with Crippen molar-refractivity contribution in [2.75, 3.05) is 5.32 Å². The summed E-state index contributed by atoms with van der Waals surface area (Å²) in [5.74, 6) is -1.28. The van der Waals surface area contributed by atoms with Crippen molar-refractivity contribution in [3.8, 4) is 5.69 Å². The number of aromatic nitrogens is 2. The summed E-state index contributed by atoms with van der Waals surface area (Å²) in [7, 11) is 0. The predicted octanol–water partition coefficient (Wildman–Crippen LogP) is 3.95. The Morgan fingerprint density at radius 3 is 2.54 bits per heavy atom. The Bertz CT molecular complexity index is 999. The molecule has 0 aliphatic carbocycles. The summed E-state index contributed by atoms with van der Waals surface area (Å²) >= 11 is 9.27. The summed E-state index contributed by atoms with van der Waals surface area (Å²) in [6, 6.07) is 12.2. The SMILES string of the molecule is Cc1ccc(Br)cc1-n1cnc(C(N)=O)c1C(=O)Nc1ccc(Cl)cc1. The number of carbonyl (C=O) groups excluding carboxylic acids is 2. The monoisotopic (exact) mass is 432 g/mol. The molecule has 0 fully saturated rings. The Kier molecular flexibility index (Phi) is 5.11. The van der Waals surface area contributed by atoms with E-state index in [-0.39, 0.29) is 11.4 Å². The third-order valence-electron chi connectivity index (χ3n) is 3.75. The lowest BCUT2D eigenvalue weighted by atomic mass is 10.2. The van der Waals surface area contributed by atoms with E-state index in [1.54, 1.807) is 28.8 Å². The third kappa shape index (κ3) is 3.63. The third-order valence-corrected chi connectivity index (χ3v) is 4.49. The van der Waals surface area contributed by atoms with Crippen molar-refractivity contribution in [1.82, 2.24) is 9.55 Å². The van der Waals surface area contributed by atoms with Crippen LogP contribution in [0.1, 0.15) is 26.5 Å². The van der Waals surface area contributed by atoms with E-state index in [1.807, 2.05) is 25.1 Å². The molecule has 0 aliphatic rings. The van der Waals surface area contributed by atoms with Crippen molar-refractivity contribution in [3.63, 3.8) is 0 Å². The average molecular weight is 434 g/mol. The lowest BCUT2D eigenvalue weighted by molar-refractivity contribution is 0.0971. The van der Waals surface area contributed by atoms with Crippen LogP contribution in [0.15, 0.2) is 53.3 Å². The van der Waals surface area contributed by atoms with Gasteiger partial charge < -0.3 is 11.1 Å². The van der Waals surface area contributed by atoms with Crippen molar-refractivity contribution in [2.45, 2.75) is 6.92 Å². The molecule has 26 heavy (non-hydrogen) atoms. The molecule has 0 radical (unpaired) electrons. The minimum absolute atomic E-state index is 0.0636. The van der Waals surface area contributed by atoms with Crippen molar-refractivity contribution in [1.29, 1.82) is 0 Å². The molecule has 8 heteroatoms. The first-order chi connectivity index (χ1) is 12.4. The van der Waals surface area contributed by atoms with Gasteiger partial charge in [-0.15, -0.1) is 0 Å². The minimum atomic E-state index is -0.780. The molecule has 0 spiro atoms. The summed E-state index contributed by atoms with van der Waals surface area (Å²) in [4.78, 5) is 28.6. The van der Waals surface area contributed by atoms with Crippen LogP contribution in [0.25, 0.3) is 5.69 Å². The number of primary amides is 1. The zero-order valence-electron chi connectivity index (χ0n) is 13.7. The fourth-order valence-electron chi connectivity index (χ4n) is 2.49. The van der Waals surface area contributed by atoms with Gasteiger partial charge >= 0.3 is 0 Å². The molecule has 0 bridgehead atoms. The number of halogens is 2. The first-order valence-corrected chi connectivity index (χ1v) is 8.74. The van der Waals surface area contributed by atoms with E-state index >= 15 is 0 Å². The van der Waals surface area contributed by atoms with Crippen LogP contribution in [0.2, 0.25) is 5.02 Å².